The average molecular weight is 439 g/mol. The van der Waals surface area contributed by atoms with Crippen LogP contribution >= 0.6 is 27.5 Å². The van der Waals surface area contributed by atoms with Crippen LogP contribution in [-0.4, -0.2) is 14.5 Å². The molecule has 3 nitrogen and oxygen atoms in total. The van der Waals surface area contributed by atoms with E-state index in [1.807, 2.05) is 54.6 Å². The first-order valence-electron chi connectivity index (χ1n) is 8.70. The molecule has 0 radical (unpaired) electrons. The topological polar surface area (TPSA) is 30.7 Å². The van der Waals surface area contributed by atoms with Crippen molar-refractivity contribution in [2.45, 2.75) is 13.5 Å². The molecule has 0 saturated heterocycles. The predicted octanol–water partition coefficient (Wildman–Crippen LogP) is 6.71. The second-order valence-electron chi connectivity index (χ2n) is 6.10. The van der Waals surface area contributed by atoms with Gasteiger partial charge in [-0.1, -0.05) is 57.9 Å². The predicted molar refractivity (Wildman–Crippen MR) is 115 cm³/mol. The molecule has 0 aliphatic heterocycles. The Morgan fingerprint density at radius 1 is 0.926 bits per heavy atom. The van der Waals surface area contributed by atoms with E-state index >= 15 is 0 Å². The summed E-state index contributed by atoms with van der Waals surface area (Å²) < 4.78 is 3.27. The Balaban J connectivity index is 2.03. The number of nitrogens with zero attached hydrogens (tertiary/aromatic N) is 3. The fourth-order valence-electron chi connectivity index (χ4n) is 3.22. The zero-order valence-corrected chi connectivity index (χ0v) is 17.1. The molecule has 0 unspecified atom stereocenters. The molecule has 2 aromatic carbocycles. The maximum Gasteiger partial charge on any atom is 0.142 e. The van der Waals surface area contributed by atoms with E-state index in [4.69, 9.17) is 16.6 Å². The average Bonchev–Trinajstić information content (AvgIpc) is 3.09. The summed E-state index contributed by atoms with van der Waals surface area (Å²) in [5.41, 5.74) is 5.20. The van der Waals surface area contributed by atoms with Gasteiger partial charge < -0.3 is 4.57 Å². The molecule has 0 amide bonds. The van der Waals surface area contributed by atoms with E-state index in [1.165, 1.54) is 0 Å². The van der Waals surface area contributed by atoms with Crippen molar-refractivity contribution in [2.24, 2.45) is 0 Å². The Kier molecular flexibility index (Phi) is 5.10. The summed E-state index contributed by atoms with van der Waals surface area (Å²) in [7, 11) is 0. The van der Waals surface area contributed by atoms with Gasteiger partial charge >= 0.3 is 0 Å². The van der Waals surface area contributed by atoms with Crippen LogP contribution in [0.4, 0.5) is 0 Å². The fourth-order valence-corrected chi connectivity index (χ4v) is 3.81. The molecule has 0 spiro atoms. The molecule has 0 bridgehead atoms. The summed E-state index contributed by atoms with van der Waals surface area (Å²) >= 11 is 9.79. The van der Waals surface area contributed by atoms with Crippen LogP contribution in [-0.2, 0) is 6.54 Å². The number of benzene rings is 2. The monoisotopic (exact) mass is 437 g/mol. The standard InChI is InChI=1S/C22H17BrClN3/c1-2-27-21(16-7-9-17(24)10-8-16)20(15-11-13-25-14-12-15)26-22(27)18-5-3-4-6-19(18)23/h3-14H,2H2,1H3. The van der Waals surface area contributed by atoms with Crippen molar-refractivity contribution in [1.29, 1.82) is 0 Å². The van der Waals surface area contributed by atoms with Crippen LogP contribution in [0.25, 0.3) is 33.9 Å². The highest BCUT2D eigenvalue weighted by molar-refractivity contribution is 9.10. The Labute approximate surface area is 171 Å². The van der Waals surface area contributed by atoms with Gasteiger partial charge in [0, 0.05) is 45.1 Å². The van der Waals surface area contributed by atoms with Crippen molar-refractivity contribution in [3.05, 3.63) is 82.6 Å². The minimum Gasteiger partial charge on any atom is -0.324 e. The lowest BCUT2D eigenvalue weighted by Crippen LogP contribution is -2.00. The normalized spacial score (nSPS) is 10.9. The smallest absolute Gasteiger partial charge is 0.142 e. The first kappa shape index (κ1) is 18.0. The van der Waals surface area contributed by atoms with Crippen molar-refractivity contribution in [1.82, 2.24) is 14.5 Å². The minimum atomic E-state index is 0.720. The molecule has 0 aliphatic rings. The molecule has 2 heterocycles. The molecular weight excluding hydrogens is 422 g/mol. The molecule has 0 N–H and O–H groups in total. The maximum atomic E-state index is 6.11. The summed E-state index contributed by atoms with van der Waals surface area (Å²) in [5.74, 6) is 0.932. The van der Waals surface area contributed by atoms with Crippen LogP contribution in [0.15, 0.2) is 77.5 Å². The van der Waals surface area contributed by atoms with Crippen LogP contribution in [0.3, 0.4) is 0 Å². The van der Waals surface area contributed by atoms with Gasteiger partial charge in [0.1, 0.15) is 5.82 Å². The summed E-state index contributed by atoms with van der Waals surface area (Å²) in [4.78, 5) is 9.20. The van der Waals surface area contributed by atoms with Gasteiger partial charge in [-0.15, -0.1) is 0 Å². The molecule has 134 valence electrons. The van der Waals surface area contributed by atoms with Crippen molar-refractivity contribution in [2.75, 3.05) is 0 Å². The van der Waals surface area contributed by atoms with Crippen LogP contribution in [0, 0.1) is 0 Å². The second-order valence-corrected chi connectivity index (χ2v) is 7.39. The van der Waals surface area contributed by atoms with Gasteiger partial charge in [-0.3, -0.25) is 4.98 Å². The zero-order valence-electron chi connectivity index (χ0n) is 14.7. The van der Waals surface area contributed by atoms with Gasteiger partial charge in [-0.25, -0.2) is 4.98 Å². The number of aromatic nitrogens is 3. The lowest BCUT2D eigenvalue weighted by atomic mass is 10.1. The van der Waals surface area contributed by atoms with Crippen molar-refractivity contribution in [3.63, 3.8) is 0 Å². The molecule has 27 heavy (non-hydrogen) atoms. The van der Waals surface area contributed by atoms with Crippen molar-refractivity contribution in [3.8, 4) is 33.9 Å². The van der Waals surface area contributed by atoms with Gasteiger partial charge in [0.2, 0.25) is 0 Å². The molecule has 0 atom stereocenters. The van der Waals surface area contributed by atoms with Gasteiger partial charge in [0.25, 0.3) is 0 Å². The number of imidazole rings is 1. The molecular formula is C22H17BrClN3. The van der Waals surface area contributed by atoms with Gasteiger partial charge in [0.05, 0.1) is 11.4 Å². The quantitative estimate of drug-likeness (QED) is 0.354. The van der Waals surface area contributed by atoms with Crippen molar-refractivity contribution < 1.29 is 0 Å². The molecule has 2 aromatic heterocycles. The number of hydrogen-bond acceptors (Lipinski definition) is 2. The number of rotatable bonds is 4. The highest BCUT2D eigenvalue weighted by Gasteiger charge is 2.21. The highest BCUT2D eigenvalue weighted by Crippen LogP contribution is 2.38. The third kappa shape index (κ3) is 3.43. The summed E-state index contributed by atoms with van der Waals surface area (Å²) in [6.07, 6.45) is 3.59. The second kappa shape index (κ2) is 7.67. The molecule has 5 heteroatoms. The Bertz CT molecular complexity index is 1070. The van der Waals surface area contributed by atoms with Crippen molar-refractivity contribution >= 4 is 27.5 Å². The molecule has 0 fully saturated rings. The van der Waals surface area contributed by atoms with Crippen LogP contribution in [0.2, 0.25) is 5.02 Å². The SMILES string of the molecule is CCn1c(-c2ccccc2Br)nc(-c2ccncc2)c1-c1ccc(Cl)cc1. The third-order valence-corrected chi connectivity index (χ3v) is 5.41. The largest absolute Gasteiger partial charge is 0.324 e. The van der Waals surface area contributed by atoms with E-state index in [0.29, 0.717) is 0 Å². The van der Waals surface area contributed by atoms with Crippen LogP contribution < -0.4 is 0 Å². The highest BCUT2D eigenvalue weighted by atomic mass is 79.9. The van der Waals surface area contributed by atoms with Crippen LogP contribution in [0.5, 0.6) is 0 Å². The summed E-state index contributed by atoms with van der Waals surface area (Å²) in [5, 5.41) is 0.720. The zero-order chi connectivity index (χ0) is 18.8. The maximum absolute atomic E-state index is 6.11. The Morgan fingerprint density at radius 3 is 2.30 bits per heavy atom. The molecule has 0 saturated carbocycles. The summed E-state index contributed by atoms with van der Waals surface area (Å²) in [6.45, 7) is 2.94. The van der Waals surface area contributed by atoms with E-state index in [0.717, 1.165) is 49.9 Å². The first-order chi connectivity index (χ1) is 13.2. The molecule has 0 aliphatic carbocycles. The lowest BCUT2D eigenvalue weighted by molar-refractivity contribution is 0.778. The summed E-state index contributed by atoms with van der Waals surface area (Å²) in [6, 6.07) is 20.1. The minimum absolute atomic E-state index is 0.720. The van der Waals surface area contributed by atoms with E-state index in [9.17, 15) is 0 Å². The van der Waals surface area contributed by atoms with Gasteiger partial charge in [-0.2, -0.15) is 0 Å². The van der Waals surface area contributed by atoms with E-state index in [2.05, 4.69) is 38.5 Å². The van der Waals surface area contributed by atoms with E-state index in [-0.39, 0.29) is 0 Å². The fraction of sp³-hybridized carbons (Fsp3) is 0.0909. The van der Waals surface area contributed by atoms with E-state index < -0.39 is 0 Å². The van der Waals surface area contributed by atoms with Gasteiger partial charge in [-0.05, 0) is 37.3 Å². The number of hydrogen-bond donors (Lipinski definition) is 0. The Morgan fingerprint density at radius 2 is 1.63 bits per heavy atom. The number of pyridine rings is 1. The third-order valence-electron chi connectivity index (χ3n) is 4.47. The van der Waals surface area contributed by atoms with Gasteiger partial charge in [0.15, 0.2) is 0 Å². The molecule has 4 aromatic rings. The number of halogens is 2. The first-order valence-corrected chi connectivity index (χ1v) is 9.88. The van der Waals surface area contributed by atoms with E-state index in [1.54, 1.807) is 12.4 Å². The Hall–Kier alpha value is -2.43. The van der Waals surface area contributed by atoms with Crippen LogP contribution in [0.1, 0.15) is 6.92 Å². The lowest BCUT2D eigenvalue weighted by Gasteiger charge is -2.12. The molecule has 4 rings (SSSR count).